The van der Waals surface area contributed by atoms with Gasteiger partial charge in [0.15, 0.2) is 5.82 Å². The zero-order chi connectivity index (χ0) is 33.0. The minimum absolute atomic E-state index is 0.715. The van der Waals surface area contributed by atoms with Gasteiger partial charge < -0.3 is 0 Å². The van der Waals surface area contributed by atoms with Crippen LogP contribution in [-0.2, 0) is 6.42 Å². The molecule has 50 heavy (non-hydrogen) atoms. The molecule has 10 rings (SSSR count). The first kappa shape index (κ1) is 28.8. The van der Waals surface area contributed by atoms with Gasteiger partial charge >= 0.3 is 0 Å². The van der Waals surface area contributed by atoms with Crippen molar-refractivity contribution in [1.29, 1.82) is 0 Å². The van der Waals surface area contributed by atoms with Crippen molar-refractivity contribution in [2.75, 3.05) is 0 Å². The van der Waals surface area contributed by atoms with Gasteiger partial charge in [0, 0.05) is 36.9 Å². The summed E-state index contributed by atoms with van der Waals surface area (Å²) in [6.45, 7) is 0. The second kappa shape index (κ2) is 11.8. The Morgan fingerprint density at radius 2 is 1.00 bits per heavy atom. The van der Waals surface area contributed by atoms with Crippen molar-refractivity contribution in [2.24, 2.45) is 0 Å². The van der Waals surface area contributed by atoms with E-state index in [2.05, 4.69) is 146 Å². The number of rotatable bonds is 5. The lowest BCUT2D eigenvalue weighted by Gasteiger charge is -2.15. The van der Waals surface area contributed by atoms with Crippen LogP contribution in [0.15, 0.2) is 170 Å². The SMILES string of the molecule is c1ccc(-c2cc(-c3cc(-c4ccc5c(c4)-c4ccccc4C5)ccc3-c3ccc4sc5ccccc5c4c3)nc(-c3ccccc3)n2)cc1. The first-order chi connectivity index (χ1) is 24.7. The van der Waals surface area contributed by atoms with E-state index in [-0.39, 0.29) is 0 Å². The summed E-state index contributed by atoms with van der Waals surface area (Å²) >= 11 is 1.85. The molecule has 0 unspecified atom stereocenters. The first-order valence-electron chi connectivity index (χ1n) is 17.0. The van der Waals surface area contributed by atoms with Gasteiger partial charge in [0.1, 0.15) is 0 Å². The summed E-state index contributed by atoms with van der Waals surface area (Å²) in [5.41, 5.74) is 15.1. The molecule has 9 aromatic rings. The molecule has 0 atom stereocenters. The second-order valence-electron chi connectivity index (χ2n) is 13.0. The van der Waals surface area contributed by atoms with Gasteiger partial charge in [0.05, 0.1) is 11.4 Å². The van der Waals surface area contributed by atoms with E-state index in [0.29, 0.717) is 5.82 Å². The van der Waals surface area contributed by atoms with Crippen molar-refractivity contribution >= 4 is 31.5 Å². The minimum atomic E-state index is 0.715. The number of thiophene rings is 1. The summed E-state index contributed by atoms with van der Waals surface area (Å²) in [5, 5.41) is 2.58. The molecule has 0 amide bonds. The third-order valence-corrected chi connectivity index (χ3v) is 11.1. The van der Waals surface area contributed by atoms with Crippen LogP contribution in [0.3, 0.4) is 0 Å². The van der Waals surface area contributed by atoms with Crippen molar-refractivity contribution in [3.8, 4) is 67.3 Å². The van der Waals surface area contributed by atoms with E-state index >= 15 is 0 Å². The molecule has 0 radical (unpaired) electrons. The maximum Gasteiger partial charge on any atom is 0.160 e. The molecular formula is C47H30N2S. The summed E-state index contributed by atoms with van der Waals surface area (Å²) in [7, 11) is 0. The van der Waals surface area contributed by atoms with Crippen molar-refractivity contribution in [1.82, 2.24) is 9.97 Å². The fourth-order valence-electron chi connectivity index (χ4n) is 7.44. The number of nitrogens with zero attached hydrogens (tertiary/aromatic N) is 2. The lowest BCUT2D eigenvalue weighted by molar-refractivity contribution is 1.18. The number of hydrogen-bond acceptors (Lipinski definition) is 3. The van der Waals surface area contributed by atoms with Crippen LogP contribution in [0.1, 0.15) is 11.1 Å². The Morgan fingerprint density at radius 3 is 1.86 bits per heavy atom. The zero-order valence-electron chi connectivity index (χ0n) is 27.2. The van der Waals surface area contributed by atoms with E-state index in [1.165, 1.54) is 59.1 Å². The predicted molar refractivity (Wildman–Crippen MR) is 210 cm³/mol. The van der Waals surface area contributed by atoms with E-state index < -0.39 is 0 Å². The van der Waals surface area contributed by atoms with Crippen molar-refractivity contribution in [3.05, 3.63) is 181 Å². The van der Waals surface area contributed by atoms with Crippen LogP contribution in [0.2, 0.25) is 0 Å². The summed E-state index contributed by atoms with van der Waals surface area (Å²) < 4.78 is 2.61. The molecule has 2 nitrogen and oxygen atoms in total. The molecule has 3 heteroatoms. The summed E-state index contributed by atoms with van der Waals surface area (Å²) in [5.74, 6) is 0.715. The van der Waals surface area contributed by atoms with Gasteiger partial charge in [-0.05, 0) is 87.3 Å². The highest BCUT2D eigenvalue weighted by atomic mass is 32.1. The number of benzene rings is 7. The summed E-state index contributed by atoms with van der Waals surface area (Å²) in [6.07, 6.45) is 0.987. The Labute approximate surface area is 295 Å². The number of fused-ring (bicyclic) bond motifs is 6. The van der Waals surface area contributed by atoms with E-state index in [1.807, 2.05) is 35.6 Å². The van der Waals surface area contributed by atoms with E-state index in [1.54, 1.807) is 0 Å². The molecule has 0 spiro atoms. The van der Waals surface area contributed by atoms with E-state index in [0.717, 1.165) is 40.1 Å². The molecular weight excluding hydrogens is 625 g/mol. The average Bonchev–Trinajstić information content (AvgIpc) is 3.76. The van der Waals surface area contributed by atoms with Crippen LogP contribution >= 0.6 is 11.3 Å². The first-order valence-corrected chi connectivity index (χ1v) is 17.8. The molecule has 2 aromatic heterocycles. The quantitative estimate of drug-likeness (QED) is 0.185. The highest BCUT2D eigenvalue weighted by molar-refractivity contribution is 7.25. The lowest BCUT2D eigenvalue weighted by atomic mass is 9.91. The summed E-state index contributed by atoms with van der Waals surface area (Å²) in [4.78, 5) is 10.4. The molecule has 234 valence electrons. The molecule has 0 saturated heterocycles. The Kier molecular flexibility index (Phi) is 6.78. The van der Waals surface area contributed by atoms with Gasteiger partial charge in [-0.3, -0.25) is 0 Å². The van der Waals surface area contributed by atoms with Crippen LogP contribution in [-0.4, -0.2) is 9.97 Å². The van der Waals surface area contributed by atoms with Crippen molar-refractivity contribution in [3.63, 3.8) is 0 Å². The molecule has 0 bridgehead atoms. The molecule has 0 aliphatic heterocycles. The standard InChI is InChI=1S/C47H30N2S/c1-3-11-30(12-4-1)43-29-44(49-47(48-43)31-13-5-2-6-14-31)41-27-33(32-19-20-35-25-34-15-7-8-16-37(34)40(35)26-32)21-23-38(41)36-22-24-46-42(28-36)39-17-9-10-18-45(39)50-46/h1-24,26-29H,25H2. The molecule has 2 heterocycles. The monoisotopic (exact) mass is 654 g/mol. The number of aromatic nitrogens is 2. The second-order valence-corrected chi connectivity index (χ2v) is 14.1. The van der Waals surface area contributed by atoms with Crippen molar-refractivity contribution in [2.45, 2.75) is 6.42 Å². The van der Waals surface area contributed by atoms with Gasteiger partial charge in [-0.15, -0.1) is 11.3 Å². The lowest BCUT2D eigenvalue weighted by Crippen LogP contribution is -1.97. The van der Waals surface area contributed by atoms with Crippen LogP contribution in [0, 0.1) is 0 Å². The Hall–Kier alpha value is -6.16. The maximum absolute atomic E-state index is 5.30. The molecule has 1 aliphatic carbocycles. The van der Waals surface area contributed by atoms with Gasteiger partial charge in [-0.25, -0.2) is 9.97 Å². The van der Waals surface area contributed by atoms with Crippen LogP contribution in [0.4, 0.5) is 0 Å². The largest absolute Gasteiger partial charge is 0.228 e. The van der Waals surface area contributed by atoms with Gasteiger partial charge in [-0.2, -0.15) is 0 Å². The average molecular weight is 655 g/mol. The van der Waals surface area contributed by atoms with Crippen molar-refractivity contribution < 1.29 is 0 Å². The highest BCUT2D eigenvalue weighted by Crippen LogP contribution is 2.43. The maximum atomic E-state index is 5.30. The third-order valence-electron chi connectivity index (χ3n) is 9.94. The fraction of sp³-hybridized carbons (Fsp3) is 0.0213. The smallest absolute Gasteiger partial charge is 0.160 e. The van der Waals surface area contributed by atoms with Crippen LogP contribution in [0.5, 0.6) is 0 Å². The fourth-order valence-corrected chi connectivity index (χ4v) is 8.53. The molecule has 0 saturated carbocycles. The topological polar surface area (TPSA) is 25.8 Å². The van der Waals surface area contributed by atoms with Crippen LogP contribution < -0.4 is 0 Å². The van der Waals surface area contributed by atoms with Gasteiger partial charge in [-0.1, -0.05) is 133 Å². The Morgan fingerprint density at radius 1 is 0.360 bits per heavy atom. The molecule has 0 N–H and O–H groups in total. The molecule has 0 fully saturated rings. The molecule has 1 aliphatic rings. The van der Waals surface area contributed by atoms with E-state index in [9.17, 15) is 0 Å². The molecule has 7 aromatic carbocycles. The normalized spacial score (nSPS) is 11.9. The predicted octanol–water partition coefficient (Wildman–Crippen LogP) is 12.8. The summed E-state index contributed by atoms with van der Waals surface area (Å²) in [6, 6.07) is 61.1. The van der Waals surface area contributed by atoms with Crippen LogP contribution in [0.25, 0.3) is 87.5 Å². The Bertz CT molecular complexity index is 2670. The highest BCUT2D eigenvalue weighted by Gasteiger charge is 2.20. The van der Waals surface area contributed by atoms with Gasteiger partial charge in [0.25, 0.3) is 0 Å². The van der Waals surface area contributed by atoms with E-state index in [4.69, 9.17) is 9.97 Å². The zero-order valence-corrected chi connectivity index (χ0v) is 28.0. The minimum Gasteiger partial charge on any atom is -0.228 e. The Balaban J connectivity index is 1.21. The number of hydrogen-bond donors (Lipinski definition) is 0. The third kappa shape index (κ3) is 4.94. The van der Waals surface area contributed by atoms with Gasteiger partial charge in [0.2, 0.25) is 0 Å².